The van der Waals surface area contributed by atoms with Crippen LogP contribution in [0.25, 0.3) is 0 Å². The van der Waals surface area contributed by atoms with E-state index in [0.717, 1.165) is 12.8 Å². The monoisotopic (exact) mass is 284 g/mol. The highest BCUT2D eigenvalue weighted by Gasteiger charge is 2.25. The number of pyridine rings is 1. The molecule has 7 heteroatoms. The van der Waals surface area contributed by atoms with Crippen LogP contribution in [0.15, 0.2) is 23.4 Å². The summed E-state index contributed by atoms with van der Waals surface area (Å²) in [5.41, 5.74) is 2.66. The van der Waals surface area contributed by atoms with Crippen LogP contribution in [0.5, 0.6) is 0 Å². The Bertz CT molecular complexity index is 532. The van der Waals surface area contributed by atoms with Gasteiger partial charge in [0.2, 0.25) is 0 Å². The van der Waals surface area contributed by atoms with E-state index in [2.05, 4.69) is 22.1 Å². The Labute approximate surface area is 113 Å². The van der Waals surface area contributed by atoms with E-state index in [4.69, 9.17) is 5.84 Å². The van der Waals surface area contributed by atoms with Crippen molar-refractivity contribution in [2.24, 2.45) is 17.7 Å². The lowest BCUT2D eigenvalue weighted by Crippen LogP contribution is -2.30. The zero-order valence-electron chi connectivity index (χ0n) is 11.0. The molecule has 2 rings (SSSR count). The third kappa shape index (κ3) is 3.43. The van der Waals surface area contributed by atoms with Gasteiger partial charge in [0.15, 0.2) is 5.03 Å². The molecule has 4 N–H and O–H groups in total. The van der Waals surface area contributed by atoms with Gasteiger partial charge in [-0.3, -0.25) is 5.84 Å². The molecule has 0 spiro atoms. The maximum Gasteiger partial charge on any atom is 0.260 e. The largest absolute Gasteiger partial charge is 0.321 e. The molecule has 6 nitrogen and oxygen atoms in total. The summed E-state index contributed by atoms with van der Waals surface area (Å²) in [6, 6.07) is 3.21. The van der Waals surface area contributed by atoms with E-state index < -0.39 is 10.0 Å². The second-order valence-corrected chi connectivity index (χ2v) is 6.82. The van der Waals surface area contributed by atoms with E-state index in [1.165, 1.54) is 12.6 Å². The zero-order valence-corrected chi connectivity index (χ0v) is 11.8. The van der Waals surface area contributed by atoms with Gasteiger partial charge >= 0.3 is 0 Å². The molecule has 1 fully saturated rings. The van der Waals surface area contributed by atoms with Crippen LogP contribution in [0.2, 0.25) is 0 Å². The maximum atomic E-state index is 12.2. The molecule has 0 saturated heterocycles. The fourth-order valence-electron chi connectivity index (χ4n) is 2.52. The van der Waals surface area contributed by atoms with Crippen LogP contribution in [-0.4, -0.2) is 19.9 Å². The van der Waals surface area contributed by atoms with Crippen molar-refractivity contribution in [1.82, 2.24) is 9.71 Å². The molecule has 0 aliphatic heterocycles. The first-order valence-corrected chi connectivity index (χ1v) is 7.92. The van der Waals surface area contributed by atoms with E-state index in [1.54, 1.807) is 12.1 Å². The lowest BCUT2D eigenvalue weighted by molar-refractivity contribution is 0.497. The van der Waals surface area contributed by atoms with Crippen molar-refractivity contribution in [3.05, 3.63) is 18.3 Å². The van der Waals surface area contributed by atoms with E-state index in [1.807, 2.05) is 0 Å². The number of nitrogens with two attached hydrogens (primary N) is 1. The summed E-state index contributed by atoms with van der Waals surface area (Å²) >= 11 is 0. The first-order chi connectivity index (χ1) is 9.03. The van der Waals surface area contributed by atoms with Gasteiger partial charge in [-0.25, -0.2) is 18.1 Å². The summed E-state index contributed by atoms with van der Waals surface area (Å²) in [5.74, 6) is 6.41. The first-order valence-electron chi connectivity index (χ1n) is 6.44. The second kappa shape index (κ2) is 5.85. The minimum atomic E-state index is -3.61. The number of hydrogen-bond acceptors (Lipinski definition) is 5. The fraction of sp³-hybridized carbons (Fsp3) is 0.583. The van der Waals surface area contributed by atoms with Crippen LogP contribution < -0.4 is 16.0 Å². The number of rotatable bonds is 5. The van der Waals surface area contributed by atoms with Crippen LogP contribution in [0.3, 0.4) is 0 Å². The lowest BCUT2D eigenvalue weighted by Gasteiger charge is -2.13. The van der Waals surface area contributed by atoms with Crippen molar-refractivity contribution in [2.45, 2.75) is 31.2 Å². The van der Waals surface area contributed by atoms with Gasteiger partial charge in [0.1, 0.15) is 0 Å². The molecule has 1 aliphatic carbocycles. The number of anilines is 1. The van der Waals surface area contributed by atoms with Gasteiger partial charge in [0.25, 0.3) is 10.0 Å². The molecule has 1 aromatic heterocycles. The summed E-state index contributed by atoms with van der Waals surface area (Å²) in [4.78, 5) is 3.89. The Morgan fingerprint density at radius 3 is 2.89 bits per heavy atom. The third-order valence-electron chi connectivity index (χ3n) is 3.55. The SMILES string of the molecule is CC1CCC(CNS(=O)(=O)c2ncccc2NN)C1. The molecule has 0 bridgehead atoms. The van der Waals surface area contributed by atoms with Crippen molar-refractivity contribution >= 4 is 15.7 Å². The molecular formula is C12H20N4O2S. The van der Waals surface area contributed by atoms with Gasteiger partial charge in [-0.15, -0.1) is 0 Å². The normalized spacial score (nSPS) is 23.5. The summed E-state index contributed by atoms with van der Waals surface area (Å²) in [7, 11) is -3.61. The highest BCUT2D eigenvalue weighted by molar-refractivity contribution is 7.89. The van der Waals surface area contributed by atoms with Crippen molar-refractivity contribution in [1.29, 1.82) is 0 Å². The summed E-state index contributed by atoms with van der Waals surface area (Å²) < 4.78 is 27.0. The minimum absolute atomic E-state index is 0.0523. The highest BCUT2D eigenvalue weighted by Crippen LogP contribution is 2.30. The Balaban J connectivity index is 2.06. The molecule has 106 valence electrons. The number of hydrogen-bond donors (Lipinski definition) is 3. The topological polar surface area (TPSA) is 97.1 Å². The molecule has 2 atom stereocenters. The average molecular weight is 284 g/mol. The van der Waals surface area contributed by atoms with Crippen molar-refractivity contribution in [3.63, 3.8) is 0 Å². The molecule has 0 amide bonds. The molecule has 1 saturated carbocycles. The van der Waals surface area contributed by atoms with Gasteiger partial charge in [-0.05, 0) is 36.8 Å². The van der Waals surface area contributed by atoms with Gasteiger partial charge in [0.05, 0.1) is 5.69 Å². The highest BCUT2D eigenvalue weighted by atomic mass is 32.2. The molecule has 0 radical (unpaired) electrons. The third-order valence-corrected chi connectivity index (χ3v) is 4.93. The minimum Gasteiger partial charge on any atom is -0.321 e. The molecule has 1 heterocycles. The standard InChI is InChI=1S/C12H20N4O2S/c1-9-4-5-10(7-9)8-15-19(17,18)12-11(16-13)3-2-6-14-12/h2-3,6,9-10,15-16H,4-5,7-8,13H2,1H3. The molecule has 19 heavy (non-hydrogen) atoms. The van der Waals surface area contributed by atoms with Crippen LogP contribution in [0, 0.1) is 11.8 Å². The van der Waals surface area contributed by atoms with Crippen LogP contribution in [0.4, 0.5) is 5.69 Å². The van der Waals surface area contributed by atoms with E-state index in [9.17, 15) is 8.42 Å². The molecule has 1 aromatic rings. The predicted molar refractivity (Wildman–Crippen MR) is 73.7 cm³/mol. The average Bonchev–Trinajstić information content (AvgIpc) is 2.82. The zero-order chi connectivity index (χ0) is 13.9. The van der Waals surface area contributed by atoms with Crippen molar-refractivity contribution < 1.29 is 8.42 Å². The molecule has 1 aliphatic rings. The van der Waals surface area contributed by atoms with Gasteiger partial charge < -0.3 is 5.43 Å². The number of sulfonamides is 1. The van der Waals surface area contributed by atoms with Crippen LogP contribution >= 0.6 is 0 Å². The Hall–Kier alpha value is -1.18. The number of hydrazine groups is 1. The Morgan fingerprint density at radius 1 is 1.47 bits per heavy atom. The number of nitrogens with zero attached hydrogens (tertiary/aromatic N) is 1. The number of aromatic nitrogens is 1. The summed E-state index contributed by atoms with van der Waals surface area (Å²) in [6.07, 6.45) is 4.76. The lowest BCUT2D eigenvalue weighted by atomic mass is 10.1. The smallest absolute Gasteiger partial charge is 0.260 e. The van der Waals surface area contributed by atoms with E-state index in [-0.39, 0.29) is 5.03 Å². The quantitative estimate of drug-likeness (QED) is 0.555. The van der Waals surface area contributed by atoms with Crippen LogP contribution in [0.1, 0.15) is 26.2 Å². The maximum absolute atomic E-state index is 12.2. The first kappa shape index (κ1) is 14.2. The molecule has 0 aromatic carbocycles. The summed E-state index contributed by atoms with van der Waals surface area (Å²) in [6.45, 7) is 2.66. The summed E-state index contributed by atoms with van der Waals surface area (Å²) in [5, 5.41) is -0.0523. The Morgan fingerprint density at radius 2 is 2.26 bits per heavy atom. The van der Waals surface area contributed by atoms with Gasteiger partial charge in [-0.2, -0.15) is 0 Å². The van der Waals surface area contributed by atoms with E-state index in [0.29, 0.717) is 24.1 Å². The molecular weight excluding hydrogens is 264 g/mol. The number of nitrogen functional groups attached to an aromatic ring is 1. The van der Waals surface area contributed by atoms with Gasteiger partial charge in [-0.1, -0.05) is 13.3 Å². The molecule has 2 unspecified atom stereocenters. The van der Waals surface area contributed by atoms with Gasteiger partial charge in [0, 0.05) is 12.7 Å². The Kier molecular flexibility index (Phi) is 4.38. The second-order valence-electron chi connectivity index (χ2n) is 5.14. The van der Waals surface area contributed by atoms with Crippen molar-refractivity contribution in [3.8, 4) is 0 Å². The van der Waals surface area contributed by atoms with Crippen LogP contribution in [-0.2, 0) is 10.0 Å². The van der Waals surface area contributed by atoms with E-state index >= 15 is 0 Å². The fourth-order valence-corrected chi connectivity index (χ4v) is 3.73. The number of nitrogens with one attached hydrogen (secondary N) is 2. The van der Waals surface area contributed by atoms with Crippen molar-refractivity contribution in [2.75, 3.05) is 12.0 Å². The predicted octanol–water partition coefficient (Wildman–Crippen LogP) is 1.08.